The number of amidine groups is 1. The number of oxime groups is 1. The maximum Gasteiger partial charge on any atom is 0.174 e. The average molecular weight is 278 g/mol. The topological polar surface area (TPSA) is 102 Å². The van der Waals surface area contributed by atoms with Gasteiger partial charge in [-0.3, -0.25) is 0 Å². The number of aryl methyl sites for hydroxylation is 2. The van der Waals surface area contributed by atoms with Crippen molar-refractivity contribution in [3.63, 3.8) is 0 Å². The molecule has 0 saturated carbocycles. The van der Waals surface area contributed by atoms with Crippen LogP contribution in [-0.4, -0.2) is 30.8 Å². The third kappa shape index (κ3) is 2.53. The van der Waals surface area contributed by atoms with E-state index < -0.39 is 0 Å². The van der Waals surface area contributed by atoms with Crippen LogP contribution < -0.4 is 5.73 Å². The van der Waals surface area contributed by atoms with Crippen LogP contribution in [0.15, 0.2) is 27.7 Å². The normalized spacial score (nSPS) is 11.8. The molecule has 0 atom stereocenters. The van der Waals surface area contributed by atoms with Crippen molar-refractivity contribution < 1.29 is 5.21 Å². The van der Waals surface area contributed by atoms with Crippen LogP contribution in [0.5, 0.6) is 0 Å². The summed E-state index contributed by atoms with van der Waals surface area (Å²) in [5.41, 5.74) is 7.89. The Balaban J connectivity index is 2.52. The van der Waals surface area contributed by atoms with E-state index in [4.69, 9.17) is 10.9 Å². The zero-order valence-electron chi connectivity index (χ0n) is 10.8. The molecule has 2 aromatic rings. The summed E-state index contributed by atoms with van der Waals surface area (Å²) in [7, 11) is 1.88. The standard InChI is InChI=1S/C11H14N6OS/c1-6-7(2)14-15-10(8(6)9(12)16-18)19-11-13-4-5-17(11)3/h4-5,18H,1-3H3,(H2,12,16). The monoisotopic (exact) mass is 278 g/mol. The molecule has 100 valence electrons. The van der Waals surface area contributed by atoms with E-state index in [0.717, 1.165) is 16.4 Å². The first-order valence-electron chi connectivity index (χ1n) is 5.51. The smallest absolute Gasteiger partial charge is 0.174 e. The predicted octanol–water partition coefficient (Wildman–Crippen LogP) is 1.07. The molecule has 0 saturated heterocycles. The number of nitrogens with zero attached hydrogens (tertiary/aromatic N) is 5. The molecule has 19 heavy (non-hydrogen) atoms. The van der Waals surface area contributed by atoms with Gasteiger partial charge in [-0.2, -0.15) is 5.10 Å². The Morgan fingerprint density at radius 1 is 1.42 bits per heavy atom. The van der Waals surface area contributed by atoms with E-state index in [9.17, 15) is 0 Å². The van der Waals surface area contributed by atoms with Crippen LogP contribution in [0.4, 0.5) is 0 Å². The molecule has 0 aliphatic rings. The predicted molar refractivity (Wildman–Crippen MR) is 71.3 cm³/mol. The number of hydrogen-bond acceptors (Lipinski definition) is 6. The fraction of sp³-hybridized carbons (Fsp3) is 0.273. The summed E-state index contributed by atoms with van der Waals surface area (Å²) in [4.78, 5) is 4.20. The molecule has 0 bridgehead atoms. The van der Waals surface area contributed by atoms with Gasteiger partial charge in [-0.1, -0.05) is 5.16 Å². The van der Waals surface area contributed by atoms with Gasteiger partial charge in [0.2, 0.25) is 0 Å². The lowest BCUT2D eigenvalue weighted by Crippen LogP contribution is -2.18. The quantitative estimate of drug-likeness (QED) is 0.377. The number of aromatic nitrogens is 4. The molecule has 0 fully saturated rings. The lowest BCUT2D eigenvalue weighted by molar-refractivity contribution is 0.318. The van der Waals surface area contributed by atoms with E-state index in [2.05, 4.69) is 20.3 Å². The van der Waals surface area contributed by atoms with Gasteiger partial charge in [-0.05, 0) is 31.2 Å². The summed E-state index contributed by atoms with van der Waals surface area (Å²) >= 11 is 1.32. The van der Waals surface area contributed by atoms with E-state index in [1.165, 1.54) is 11.8 Å². The maximum absolute atomic E-state index is 8.89. The summed E-state index contributed by atoms with van der Waals surface area (Å²) in [5.74, 6) is 0.0206. The van der Waals surface area contributed by atoms with Crippen LogP contribution in [0, 0.1) is 13.8 Å². The van der Waals surface area contributed by atoms with Gasteiger partial charge in [0, 0.05) is 19.4 Å². The van der Waals surface area contributed by atoms with Gasteiger partial charge < -0.3 is 15.5 Å². The van der Waals surface area contributed by atoms with Crippen LogP contribution in [-0.2, 0) is 7.05 Å². The Labute approximate surface area is 114 Å². The van der Waals surface area contributed by atoms with Gasteiger partial charge in [0.05, 0.1) is 11.3 Å². The minimum absolute atomic E-state index is 0.0206. The highest BCUT2D eigenvalue weighted by Gasteiger charge is 2.17. The average Bonchev–Trinajstić information content (AvgIpc) is 2.79. The van der Waals surface area contributed by atoms with E-state index in [1.54, 1.807) is 6.20 Å². The molecule has 8 heteroatoms. The zero-order valence-corrected chi connectivity index (χ0v) is 11.6. The van der Waals surface area contributed by atoms with Crippen molar-refractivity contribution in [3.05, 3.63) is 29.2 Å². The first-order chi connectivity index (χ1) is 9.04. The number of rotatable bonds is 3. The van der Waals surface area contributed by atoms with Crippen LogP contribution in [0.1, 0.15) is 16.8 Å². The Morgan fingerprint density at radius 2 is 2.16 bits per heavy atom. The number of imidazole rings is 1. The third-order valence-electron chi connectivity index (χ3n) is 2.75. The highest BCUT2D eigenvalue weighted by molar-refractivity contribution is 7.99. The third-order valence-corrected chi connectivity index (χ3v) is 3.81. The lowest BCUT2D eigenvalue weighted by Gasteiger charge is -2.10. The fourth-order valence-electron chi connectivity index (χ4n) is 1.55. The van der Waals surface area contributed by atoms with E-state index in [0.29, 0.717) is 10.6 Å². The van der Waals surface area contributed by atoms with Crippen LogP contribution >= 0.6 is 11.8 Å². The lowest BCUT2D eigenvalue weighted by atomic mass is 10.1. The van der Waals surface area contributed by atoms with Gasteiger partial charge >= 0.3 is 0 Å². The van der Waals surface area contributed by atoms with Gasteiger partial charge in [-0.15, -0.1) is 5.10 Å². The van der Waals surface area contributed by atoms with Crippen molar-refractivity contribution in [2.45, 2.75) is 24.0 Å². The van der Waals surface area contributed by atoms with E-state index in [1.807, 2.05) is 31.7 Å². The second-order valence-corrected chi connectivity index (χ2v) is 4.95. The Kier molecular flexibility index (Phi) is 3.70. The first kappa shape index (κ1) is 13.3. The number of hydrogen-bond donors (Lipinski definition) is 2. The molecule has 0 amide bonds. The van der Waals surface area contributed by atoms with Gasteiger partial charge in [0.1, 0.15) is 5.03 Å². The number of nitrogens with two attached hydrogens (primary N) is 1. The highest BCUT2D eigenvalue weighted by Crippen LogP contribution is 2.28. The minimum atomic E-state index is 0.0206. The molecule has 0 spiro atoms. The molecule has 3 N–H and O–H groups in total. The van der Waals surface area contributed by atoms with Crippen LogP contribution in [0.2, 0.25) is 0 Å². The molecule has 0 aliphatic carbocycles. The molecular weight excluding hydrogens is 264 g/mol. The largest absolute Gasteiger partial charge is 0.409 e. The van der Waals surface area contributed by atoms with Gasteiger partial charge in [-0.25, -0.2) is 4.98 Å². The van der Waals surface area contributed by atoms with E-state index >= 15 is 0 Å². The van der Waals surface area contributed by atoms with Crippen molar-refractivity contribution in [1.29, 1.82) is 0 Å². The molecule has 0 radical (unpaired) electrons. The van der Waals surface area contributed by atoms with Crippen molar-refractivity contribution in [2.24, 2.45) is 17.9 Å². The Hall–Kier alpha value is -2.09. The van der Waals surface area contributed by atoms with Crippen LogP contribution in [0.3, 0.4) is 0 Å². The SMILES string of the molecule is Cc1nnc(Sc2nccn2C)c(/C(N)=N/O)c1C. The van der Waals surface area contributed by atoms with Gasteiger partial charge in [0.15, 0.2) is 11.0 Å². The maximum atomic E-state index is 8.89. The zero-order chi connectivity index (χ0) is 14.0. The molecule has 7 nitrogen and oxygen atoms in total. The van der Waals surface area contributed by atoms with Crippen LogP contribution in [0.25, 0.3) is 0 Å². The second kappa shape index (κ2) is 5.27. The van der Waals surface area contributed by atoms with Crippen molar-refractivity contribution >= 4 is 17.6 Å². The molecule has 2 aromatic heterocycles. The van der Waals surface area contributed by atoms with E-state index in [-0.39, 0.29) is 5.84 Å². The molecule has 2 rings (SSSR count). The fourth-order valence-corrected chi connectivity index (χ4v) is 2.48. The van der Waals surface area contributed by atoms with Crippen molar-refractivity contribution in [2.75, 3.05) is 0 Å². The van der Waals surface area contributed by atoms with Crippen molar-refractivity contribution in [1.82, 2.24) is 19.7 Å². The summed E-state index contributed by atoms with van der Waals surface area (Å²) in [5, 5.41) is 21.4. The Bertz CT molecular complexity index is 636. The summed E-state index contributed by atoms with van der Waals surface area (Å²) in [6.45, 7) is 3.69. The first-order valence-corrected chi connectivity index (χ1v) is 6.33. The van der Waals surface area contributed by atoms with Crippen molar-refractivity contribution in [3.8, 4) is 0 Å². The summed E-state index contributed by atoms with van der Waals surface area (Å²) < 4.78 is 1.86. The molecule has 2 heterocycles. The van der Waals surface area contributed by atoms with Gasteiger partial charge in [0.25, 0.3) is 0 Å². The molecule has 0 aromatic carbocycles. The molecular formula is C11H14N6OS. The summed E-state index contributed by atoms with van der Waals surface area (Å²) in [6.07, 6.45) is 3.53. The highest BCUT2D eigenvalue weighted by atomic mass is 32.2. The Morgan fingerprint density at radius 3 is 2.74 bits per heavy atom. The summed E-state index contributed by atoms with van der Waals surface area (Å²) in [6, 6.07) is 0. The minimum Gasteiger partial charge on any atom is -0.409 e. The molecule has 0 unspecified atom stereocenters. The molecule has 0 aliphatic heterocycles. The second-order valence-electron chi connectivity index (χ2n) is 4.00.